The third-order valence-corrected chi connectivity index (χ3v) is 3.48. The summed E-state index contributed by atoms with van der Waals surface area (Å²) in [6, 6.07) is 3.86. The molecule has 1 aromatic rings. The molecular weight excluding hydrogens is 286 g/mol. The molecular formula is C16H23NO5. The molecule has 0 amide bonds. The summed E-state index contributed by atoms with van der Waals surface area (Å²) in [6.45, 7) is 2.62. The summed E-state index contributed by atoms with van der Waals surface area (Å²) in [5.74, 6) is 1.32. The molecule has 1 aliphatic rings. The van der Waals surface area contributed by atoms with E-state index in [1.807, 2.05) is 24.1 Å². The fourth-order valence-electron chi connectivity index (χ4n) is 2.38. The molecule has 0 fully saturated rings. The molecule has 0 saturated heterocycles. The summed E-state index contributed by atoms with van der Waals surface area (Å²) >= 11 is 0. The molecule has 0 spiro atoms. The number of hydrogen-bond acceptors (Lipinski definition) is 6. The Morgan fingerprint density at radius 3 is 2.18 bits per heavy atom. The Kier molecular flexibility index (Phi) is 5.91. The number of rotatable bonds is 8. The summed E-state index contributed by atoms with van der Waals surface area (Å²) in [7, 11) is 5.19. The van der Waals surface area contributed by atoms with Crippen LogP contribution in [0.3, 0.4) is 0 Å². The van der Waals surface area contributed by atoms with E-state index < -0.39 is 0 Å². The molecule has 0 atom stereocenters. The Morgan fingerprint density at radius 1 is 1.05 bits per heavy atom. The molecule has 1 aliphatic heterocycles. The molecule has 2 rings (SSSR count). The zero-order valence-electron chi connectivity index (χ0n) is 13.3. The van der Waals surface area contributed by atoms with E-state index in [9.17, 15) is 5.11 Å². The van der Waals surface area contributed by atoms with Gasteiger partial charge in [0.05, 0.1) is 18.9 Å². The molecule has 6 nitrogen and oxygen atoms in total. The van der Waals surface area contributed by atoms with Gasteiger partial charge in [-0.15, -0.1) is 0 Å². The number of ether oxygens (including phenoxy) is 4. The van der Waals surface area contributed by atoms with E-state index in [1.165, 1.54) is 0 Å². The van der Waals surface area contributed by atoms with Crippen molar-refractivity contribution in [3.8, 4) is 11.5 Å². The standard InChI is InChI=1S/C16H23NO5/c1-17-10-12-8-15(21-6-4-19-2)16(22-7-5-20-3)9-13(12)14(17)11-18/h8-9,11,18H,4-7,10H2,1-3H3/b14-11-. The largest absolute Gasteiger partial charge is 0.513 e. The lowest BCUT2D eigenvalue weighted by Gasteiger charge is -2.14. The van der Waals surface area contributed by atoms with Crippen LogP contribution in [0.25, 0.3) is 5.70 Å². The van der Waals surface area contributed by atoms with E-state index in [0.29, 0.717) is 37.9 Å². The van der Waals surface area contributed by atoms with Gasteiger partial charge in [-0.2, -0.15) is 0 Å². The summed E-state index contributed by atoms with van der Waals surface area (Å²) in [6.07, 6.45) is 1.12. The molecule has 0 unspecified atom stereocenters. The molecule has 22 heavy (non-hydrogen) atoms. The first-order chi connectivity index (χ1) is 10.7. The number of aliphatic hydroxyl groups is 1. The minimum absolute atomic E-state index is 0.434. The highest BCUT2D eigenvalue weighted by atomic mass is 16.5. The quantitative estimate of drug-likeness (QED) is 0.586. The number of hydrogen-bond donors (Lipinski definition) is 1. The highest BCUT2D eigenvalue weighted by molar-refractivity contribution is 5.72. The molecule has 0 saturated carbocycles. The topological polar surface area (TPSA) is 60.4 Å². The van der Waals surface area contributed by atoms with Crippen LogP contribution in [0, 0.1) is 0 Å². The highest BCUT2D eigenvalue weighted by Gasteiger charge is 2.24. The summed E-state index contributed by atoms with van der Waals surface area (Å²) in [4.78, 5) is 1.97. The summed E-state index contributed by atoms with van der Waals surface area (Å²) < 4.78 is 21.5. The van der Waals surface area contributed by atoms with Crippen LogP contribution in [-0.2, 0) is 16.0 Å². The van der Waals surface area contributed by atoms with Crippen LogP contribution in [0.1, 0.15) is 11.1 Å². The van der Waals surface area contributed by atoms with Gasteiger partial charge in [-0.3, -0.25) is 0 Å². The van der Waals surface area contributed by atoms with Gasteiger partial charge < -0.3 is 29.0 Å². The SMILES string of the molecule is COCCOc1cc2c(cc1OCCOC)/C(=C/O)N(C)C2. The van der Waals surface area contributed by atoms with E-state index in [0.717, 1.165) is 29.6 Å². The maximum absolute atomic E-state index is 9.42. The summed E-state index contributed by atoms with van der Waals surface area (Å²) in [5.41, 5.74) is 2.82. The van der Waals surface area contributed by atoms with Crippen LogP contribution in [0.5, 0.6) is 11.5 Å². The van der Waals surface area contributed by atoms with Crippen LogP contribution < -0.4 is 9.47 Å². The third-order valence-electron chi connectivity index (χ3n) is 3.48. The first kappa shape index (κ1) is 16.5. The smallest absolute Gasteiger partial charge is 0.161 e. The van der Waals surface area contributed by atoms with E-state index >= 15 is 0 Å². The van der Waals surface area contributed by atoms with Gasteiger partial charge >= 0.3 is 0 Å². The van der Waals surface area contributed by atoms with E-state index in [2.05, 4.69) is 0 Å². The van der Waals surface area contributed by atoms with Crippen LogP contribution in [0.15, 0.2) is 18.4 Å². The second-order valence-electron chi connectivity index (χ2n) is 5.01. The van der Waals surface area contributed by atoms with E-state index in [1.54, 1.807) is 14.2 Å². The predicted molar refractivity (Wildman–Crippen MR) is 83.3 cm³/mol. The van der Waals surface area contributed by atoms with Crippen LogP contribution in [0.4, 0.5) is 0 Å². The van der Waals surface area contributed by atoms with Crippen molar-refractivity contribution in [3.05, 3.63) is 29.5 Å². The van der Waals surface area contributed by atoms with Crippen LogP contribution in [0.2, 0.25) is 0 Å². The van der Waals surface area contributed by atoms with Gasteiger partial charge in [-0.1, -0.05) is 0 Å². The number of methoxy groups -OCH3 is 2. The van der Waals surface area contributed by atoms with Crippen molar-refractivity contribution in [2.45, 2.75) is 6.54 Å². The van der Waals surface area contributed by atoms with Crippen molar-refractivity contribution in [1.29, 1.82) is 0 Å². The van der Waals surface area contributed by atoms with Crippen molar-refractivity contribution in [2.75, 3.05) is 47.7 Å². The molecule has 1 aromatic carbocycles. The molecule has 6 heteroatoms. The Labute approximate surface area is 130 Å². The number of fused-ring (bicyclic) bond motifs is 1. The Balaban J connectivity index is 2.25. The normalized spacial score (nSPS) is 15.2. The average Bonchev–Trinajstić information content (AvgIpc) is 2.82. The lowest BCUT2D eigenvalue weighted by Crippen LogP contribution is -2.09. The Hall–Kier alpha value is -1.92. The monoisotopic (exact) mass is 309 g/mol. The number of nitrogens with zero attached hydrogens (tertiary/aromatic N) is 1. The lowest BCUT2D eigenvalue weighted by molar-refractivity contribution is 0.132. The molecule has 0 aliphatic carbocycles. The molecule has 0 bridgehead atoms. The van der Waals surface area contributed by atoms with Crippen molar-refractivity contribution in [3.63, 3.8) is 0 Å². The molecule has 1 heterocycles. The molecule has 0 radical (unpaired) electrons. The fraction of sp³-hybridized carbons (Fsp3) is 0.500. The van der Waals surface area contributed by atoms with E-state index in [4.69, 9.17) is 18.9 Å². The van der Waals surface area contributed by atoms with Gasteiger partial charge in [-0.25, -0.2) is 0 Å². The van der Waals surface area contributed by atoms with Crippen molar-refractivity contribution >= 4 is 5.70 Å². The first-order valence-corrected chi connectivity index (χ1v) is 7.17. The second kappa shape index (κ2) is 7.91. The maximum atomic E-state index is 9.42. The summed E-state index contributed by atoms with van der Waals surface area (Å²) in [5, 5.41) is 9.42. The van der Waals surface area contributed by atoms with Gasteiger partial charge in [0.1, 0.15) is 19.5 Å². The van der Waals surface area contributed by atoms with Crippen molar-refractivity contribution in [1.82, 2.24) is 4.90 Å². The Morgan fingerprint density at radius 2 is 1.64 bits per heavy atom. The highest BCUT2D eigenvalue weighted by Crippen LogP contribution is 2.39. The van der Waals surface area contributed by atoms with Gasteiger partial charge in [0.15, 0.2) is 11.5 Å². The van der Waals surface area contributed by atoms with Gasteiger partial charge in [0, 0.05) is 33.4 Å². The lowest BCUT2D eigenvalue weighted by atomic mass is 10.1. The molecule has 122 valence electrons. The third kappa shape index (κ3) is 3.64. The number of aliphatic hydroxyl groups excluding tert-OH is 1. The zero-order chi connectivity index (χ0) is 15.9. The maximum Gasteiger partial charge on any atom is 0.161 e. The van der Waals surface area contributed by atoms with Crippen molar-refractivity contribution in [2.24, 2.45) is 0 Å². The minimum Gasteiger partial charge on any atom is -0.513 e. The molecule has 0 aromatic heterocycles. The van der Waals surface area contributed by atoms with Gasteiger partial charge in [0.2, 0.25) is 0 Å². The van der Waals surface area contributed by atoms with Crippen LogP contribution >= 0.6 is 0 Å². The average molecular weight is 309 g/mol. The van der Waals surface area contributed by atoms with Gasteiger partial charge in [-0.05, 0) is 17.7 Å². The molecule has 1 N–H and O–H groups in total. The van der Waals surface area contributed by atoms with Crippen molar-refractivity contribution < 1.29 is 24.1 Å². The van der Waals surface area contributed by atoms with E-state index in [-0.39, 0.29) is 0 Å². The number of benzene rings is 1. The predicted octanol–water partition coefficient (Wildman–Crippen LogP) is 2.04. The second-order valence-corrected chi connectivity index (χ2v) is 5.01. The zero-order valence-corrected chi connectivity index (χ0v) is 13.3. The fourth-order valence-corrected chi connectivity index (χ4v) is 2.38. The van der Waals surface area contributed by atoms with Gasteiger partial charge in [0.25, 0.3) is 0 Å². The minimum atomic E-state index is 0.434. The van der Waals surface area contributed by atoms with Crippen LogP contribution in [-0.4, -0.2) is 57.7 Å². The first-order valence-electron chi connectivity index (χ1n) is 7.17. The Bertz CT molecular complexity index is 530.